The average Bonchev–Trinajstić information content (AvgIpc) is 3.67. The minimum absolute atomic E-state index is 0.133. The number of fused-ring (bicyclic) bond motifs is 1. The third kappa shape index (κ3) is 6.97. The Labute approximate surface area is 285 Å². The molecule has 0 saturated carbocycles. The highest BCUT2D eigenvalue weighted by molar-refractivity contribution is 8.00. The summed E-state index contributed by atoms with van der Waals surface area (Å²) in [6, 6.07) is 15.4. The van der Waals surface area contributed by atoms with Crippen molar-refractivity contribution >= 4 is 45.7 Å². The second-order valence-electron chi connectivity index (χ2n) is 11.0. The molecule has 13 heteroatoms. The number of ketones is 1. The number of benzene rings is 3. The van der Waals surface area contributed by atoms with Gasteiger partial charge in [0.25, 0.3) is 5.78 Å². The molecule has 6 rings (SSSR count). The maximum absolute atomic E-state index is 14.2. The fourth-order valence-corrected chi connectivity index (χ4v) is 7.27. The van der Waals surface area contributed by atoms with Gasteiger partial charge < -0.3 is 24.1 Å². The molecule has 1 fully saturated rings. The highest BCUT2D eigenvalue weighted by Crippen LogP contribution is 2.46. The average molecular weight is 692 g/mol. The number of carbonyl (C=O) groups is 2. The van der Waals surface area contributed by atoms with E-state index < -0.39 is 17.7 Å². The van der Waals surface area contributed by atoms with Crippen LogP contribution in [0.15, 0.2) is 70.6 Å². The van der Waals surface area contributed by atoms with E-state index in [0.717, 1.165) is 30.6 Å². The largest absolute Gasteiger partial charge is 0.507 e. The Morgan fingerprint density at radius 2 is 1.81 bits per heavy atom. The monoisotopic (exact) mass is 691 g/mol. The van der Waals surface area contributed by atoms with Crippen molar-refractivity contribution in [2.75, 3.05) is 31.3 Å². The lowest BCUT2D eigenvalue weighted by Gasteiger charge is -2.24. The van der Waals surface area contributed by atoms with Crippen LogP contribution in [-0.4, -0.2) is 53.4 Å². The zero-order valence-corrected chi connectivity index (χ0v) is 28.1. The maximum Gasteiger partial charge on any atom is 0.301 e. The quantitative estimate of drug-likeness (QED) is 0.0381. The molecule has 2 aliphatic heterocycles. The van der Waals surface area contributed by atoms with Gasteiger partial charge in [0, 0.05) is 11.3 Å². The Hall–Kier alpha value is -4.62. The lowest BCUT2D eigenvalue weighted by Crippen LogP contribution is -2.29. The van der Waals surface area contributed by atoms with Gasteiger partial charge in [-0.1, -0.05) is 67.1 Å². The first kappa shape index (κ1) is 33.3. The van der Waals surface area contributed by atoms with Gasteiger partial charge >= 0.3 is 5.91 Å². The first-order valence-corrected chi connectivity index (χ1v) is 17.5. The predicted molar refractivity (Wildman–Crippen MR) is 181 cm³/mol. The normalized spacial score (nSPS) is 16.7. The number of anilines is 1. The standard InChI is InChI=1S/C35H34FN3O7S2/c1-3-5-8-15-44-25-13-11-21(18-27(25)43-4-2)30-29(31(40)22-12-14-26-28(19-22)46-17-16-45-26)32(41)33(42)39(30)34-37-38-35(48-34)47-20-23-9-6-7-10-24(23)36/h6-7,9-14,18-19,30,40H,3-5,8,15-17,20H2,1-2H3/b31-29+/t30-/m1/s1. The van der Waals surface area contributed by atoms with Gasteiger partial charge in [-0.05, 0) is 60.9 Å². The van der Waals surface area contributed by atoms with Crippen molar-refractivity contribution in [1.29, 1.82) is 0 Å². The van der Waals surface area contributed by atoms with Crippen LogP contribution >= 0.6 is 23.1 Å². The molecule has 250 valence electrons. The van der Waals surface area contributed by atoms with Gasteiger partial charge in [-0.3, -0.25) is 14.5 Å². The van der Waals surface area contributed by atoms with E-state index in [1.54, 1.807) is 54.6 Å². The van der Waals surface area contributed by atoms with Crippen LogP contribution in [0, 0.1) is 5.82 Å². The van der Waals surface area contributed by atoms with Crippen LogP contribution in [0.4, 0.5) is 9.52 Å². The van der Waals surface area contributed by atoms with E-state index in [9.17, 15) is 19.1 Å². The Bertz CT molecular complexity index is 1850. The summed E-state index contributed by atoms with van der Waals surface area (Å²) in [5, 5.41) is 20.3. The molecule has 1 N–H and O–H groups in total. The Kier molecular flexibility index (Phi) is 10.5. The van der Waals surface area contributed by atoms with Crippen molar-refractivity contribution in [2.45, 2.75) is 49.2 Å². The minimum Gasteiger partial charge on any atom is -0.507 e. The van der Waals surface area contributed by atoms with Gasteiger partial charge in [0.1, 0.15) is 24.8 Å². The van der Waals surface area contributed by atoms with Crippen LogP contribution < -0.4 is 23.8 Å². The number of amides is 1. The number of thioether (sulfide) groups is 1. The highest BCUT2D eigenvalue weighted by atomic mass is 32.2. The van der Waals surface area contributed by atoms with E-state index in [1.165, 1.54) is 22.7 Å². The summed E-state index contributed by atoms with van der Waals surface area (Å²) in [6.07, 6.45) is 2.96. The van der Waals surface area contributed by atoms with Crippen molar-refractivity contribution in [2.24, 2.45) is 0 Å². The first-order valence-electron chi connectivity index (χ1n) is 15.7. The minimum atomic E-state index is -1.08. The predicted octanol–water partition coefficient (Wildman–Crippen LogP) is 7.33. The van der Waals surface area contributed by atoms with Gasteiger partial charge in [0.05, 0.1) is 24.8 Å². The number of Topliss-reactive ketones (excluding diaryl/α,β-unsaturated/α-hetero) is 1. The van der Waals surface area contributed by atoms with Gasteiger partial charge in [0.2, 0.25) is 5.13 Å². The number of aromatic nitrogens is 2. The van der Waals surface area contributed by atoms with E-state index in [1.807, 2.05) is 6.92 Å². The molecule has 2 aliphatic rings. The van der Waals surface area contributed by atoms with Crippen molar-refractivity contribution in [3.8, 4) is 23.0 Å². The number of carbonyl (C=O) groups excluding carboxylic acids is 2. The van der Waals surface area contributed by atoms with Crippen LogP contribution in [0.5, 0.6) is 23.0 Å². The maximum atomic E-state index is 14.2. The smallest absolute Gasteiger partial charge is 0.301 e. The molecule has 1 aromatic heterocycles. The van der Waals surface area contributed by atoms with Crippen molar-refractivity contribution in [3.63, 3.8) is 0 Å². The van der Waals surface area contributed by atoms with Crippen LogP contribution in [-0.2, 0) is 15.3 Å². The van der Waals surface area contributed by atoms with Gasteiger partial charge in [-0.2, -0.15) is 0 Å². The van der Waals surface area contributed by atoms with Crippen molar-refractivity contribution in [3.05, 3.63) is 88.7 Å². The van der Waals surface area contributed by atoms with Crippen molar-refractivity contribution < 1.29 is 38.0 Å². The molecule has 0 bridgehead atoms. The number of aliphatic hydroxyl groups is 1. The first-order chi connectivity index (χ1) is 23.4. The number of halogens is 1. The molecule has 3 aromatic carbocycles. The van der Waals surface area contributed by atoms with Gasteiger partial charge in [0.15, 0.2) is 27.3 Å². The Balaban J connectivity index is 1.40. The summed E-state index contributed by atoms with van der Waals surface area (Å²) < 4.78 is 38.0. The fourth-order valence-electron chi connectivity index (χ4n) is 5.42. The molecule has 0 spiro atoms. The lowest BCUT2D eigenvalue weighted by atomic mass is 9.95. The molecule has 1 atom stereocenters. The van der Waals surface area contributed by atoms with E-state index in [0.29, 0.717) is 70.6 Å². The molecular formula is C35H34FN3O7S2. The van der Waals surface area contributed by atoms with Crippen LogP contribution in [0.2, 0.25) is 0 Å². The topological polar surface area (TPSA) is 120 Å². The summed E-state index contributed by atoms with van der Waals surface area (Å²) in [7, 11) is 0. The Morgan fingerprint density at radius 1 is 1.00 bits per heavy atom. The summed E-state index contributed by atoms with van der Waals surface area (Å²) >= 11 is 2.36. The second kappa shape index (κ2) is 15.1. The molecule has 4 aromatic rings. The number of unbranched alkanes of at least 4 members (excludes halogenated alkanes) is 2. The van der Waals surface area contributed by atoms with E-state index in [4.69, 9.17) is 18.9 Å². The highest BCUT2D eigenvalue weighted by Gasteiger charge is 2.48. The summed E-state index contributed by atoms with van der Waals surface area (Å²) in [5.41, 5.74) is 1.14. The molecule has 48 heavy (non-hydrogen) atoms. The van der Waals surface area contributed by atoms with Crippen LogP contribution in [0.25, 0.3) is 5.76 Å². The third-order valence-electron chi connectivity index (χ3n) is 7.76. The summed E-state index contributed by atoms with van der Waals surface area (Å²) in [5.74, 6) is -0.278. The van der Waals surface area contributed by atoms with Crippen LogP contribution in [0.1, 0.15) is 55.8 Å². The van der Waals surface area contributed by atoms with Gasteiger partial charge in [-0.15, -0.1) is 10.2 Å². The molecular weight excluding hydrogens is 658 g/mol. The SMILES string of the molecule is CCCCCOc1ccc([C@@H]2/C(=C(\O)c3ccc4c(c3)OCCO4)C(=O)C(=O)N2c2nnc(SCc3ccccc3F)s2)cc1OCC. The van der Waals surface area contributed by atoms with Crippen molar-refractivity contribution in [1.82, 2.24) is 10.2 Å². The third-order valence-corrected chi connectivity index (χ3v) is 9.86. The molecule has 1 amide bonds. The molecule has 0 aliphatic carbocycles. The molecule has 10 nitrogen and oxygen atoms in total. The molecule has 1 saturated heterocycles. The molecule has 0 radical (unpaired) electrons. The number of aliphatic hydroxyl groups excluding tert-OH is 1. The second-order valence-corrected chi connectivity index (χ2v) is 13.1. The summed E-state index contributed by atoms with van der Waals surface area (Å²) in [4.78, 5) is 28.8. The zero-order valence-electron chi connectivity index (χ0n) is 26.4. The molecule has 0 unspecified atom stereocenters. The van der Waals surface area contributed by atoms with E-state index in [-0.39, 0.29) is 27.8 Å². The van der Waals surface area contributed by atoms with E-state index >= 15 is 0 Å². The van der Waals surface area contributed by atoms with Gasteiger partial charge in [-0.25, -0.2) is 4.39 Å². The van der Waals surface area contributed by atoms with E-state index in [2.05, 4.69) is 17.1 Å². The number of ether oxygens (including phenoxy) is 4. The zero-order chi connectivity index (χ0) is 33.6. The lowest BCUT2D eigenvalue weighted by molar-refractivity contribution is -0.132. The summed E-state index contributed by atoms with van der Waals surface area (Å²) in [6.45, 7) is 5.56. The van der Waals surface area contributed by atoms with Crippen LogP contribution in [0.3, 0.4) is 0 Å². The fraction of sp³-hybridized carbons (Fsp3) is 0.314. The number of hydrogen-bond acceptors (Lipinski definition) is 11. The number of nitrogens with zero attached hydrogens (tertiary/aromatic N) is 3. The number of rotatable bonds is 13. The number of hydrogen-bond donors (Lipinski definition) is 1. The molecule has 3 heterocycles. The Morgan fingerprint density at radius 3 is 2.60 bits per heavy atom.